The van der Waals surface area contributed by atoms with Crippen molar-refractivity contribution in [3.8, 4) is 0 Å². The highest BCUT2D eigenvalue weighted by Crippen LogP contribution is 2.40. The first-order valence-electron chi connectivity index (χ1n) is 7.63. The van der Waals surface area contributed by atoms with Crippen LogP contribution in [0.15, 0.2) is 0 Å². The maximum atomic E-state index is 6.17. The van der Waals surface area contributed by atoms with Gasteiger partial charge in [0.15, 0.2) is 0 Å². The van der Waals surface area contributed by atoms with E-state index in [4.69, 9.17) is 10.5 Å². The van der Waals surface area contributed by atoms with Gasteiger partial charge in [0.2, 0.25) is 0 Å². The van der Waals surface area contributed by atoms with Crippen molar-refractivity contribution >= 4 is 0 Å². The summed E-state index contributed by atoms with van der Waals surface area (Å²) in [6.45, 7) is 10.6. The number of hydrogen-bond acceptors (Lipinski definition) is 3. The monoisotopic (exact) mass is 254 g/mol. The Hall–Kier alpha value is -0.120. The predicted octanol–water partition coefficient (Wildman–Crippen LogP) is 2.25. The number of ether oxygens (including phenoxy) is 1. The molecule has 3 heteroatoms. The first kappa shape index (κ1) is 14.3. The van der Waals surface area contributed by atoms with Crippen molar-refractivity contribution in [2.24, 2.45) is 17.6 Å². The predicted molar refractivity (Wildman–Crippen MR) is 75.6 cm³/mol. The zero-order valence-electron chi connectivity index (χ0n) is 12.3. The lowest BCUT2D eigenvalue weighted by atomic mass is 9.71. The molecule has 18 heavy (non-hydrogen) atoms. The Balaban J connectivity index is 2.03. The van der Waals surface area contributed by atoms with Crippen LogP contribution in [0.3, 0.4) is 0 Å². The van der Waals surface area contributed by atoms with E-state index in [1.54, 1.807) is 0 Å². The molecule has 2 rings (SSSR count). The van der Waals surface area contributed by atoms with Crippen LogP contribution in [-0.4, -0.2) is 42.8 Å². The van der Waals surface area contributed by atoms with Crippen LogP contribution in [0, 0.1) is 11.8 Å². The fraction of sp³-hybridized carbons (Fsp3) is 1.00. The van der Waals surface area contributed by atoms with Gasteiger partial charge in [0.1, 0.15) is 0 Å². The van der Waals surface area contributed by atoms with Crippen molar-refractivity contribution < 1.29 is 4.74 Å². The fourth-order valence-corrected chi connectivity index (χ4v) is 3.88. The SMILES string of the molecule is CC(C)C1CCC(CN)(N2CCOCC2C)CC1. The number of hydrogen-bond donors (Lipinski definition) is 1. The normalized spacial score (nSPS) is 39.2. The highest BCUT2D eigenvalue weighted by molar-refractivity contribution is 4.98. The molecular formula is C15H30N2O. The third kappa shape index (κ3) is 2.73. The van der Waals surface area contributed by atoms with Crippen LogP contribution in [0.1, 0.15) is 46.5 Å². The second kappa shape index (κ2) is 5.89. The van der Waals surface area contributed by atoms with Gasteiger partial charge >= 0.3 is 0 Å². The Kier molecular flexibility index (Phi) is 4.68. The van der Waals surface area contributed by atoms with E-state index in [0.29, 0.717) is 6.04 Å². The highest BCUT2D eigenvalue weighted by atomic mass is 16.5. The van der Waals surface area contributed by atoms with Gasteiger partial charge in [-0.1, -0.05) is 13.8 Å². The van der Waals surface area contributed by atoms with Crippen LogP contribution in [-0.2, 0) is 4.74 Å². The molecule has 1 saturated heterocycles. The average molecular weight is 254 g/mol. The van der Waals surface area contributed by atoms with Crippen molar-refractivity contribution in [2.45, 2.75) is 58.0 Å². The molecule has 106 valence electrons. The Bertz CT molecular complexity index is 259. The topological polar surface area (TPSA) is 38.5 Å². The third-order valence-electron chi connectivity index (χ3n) is 5.26. The molecule has 2 aliphatic rings. The van der Waals surface area contributed by atoms with E-state index in [0.717, 1.165) is 38.1 Å². The van der Waals surface area contributed by atoms with Crippen LogP contribution in [0.5, 0.6) is 0 Å². The van der Waals surface area contributed by atoms with E-state index in [2.05, 4.69) is 25.7 Å². The Morgan fingerprint density at radius 3 is 2.50 bits per heavy atom. The standard InChI is InChI=1S/C15H30N2O/c1-12(2)14-4-6-15(11-16,7-5-14)17-8-9-18-10-13(17)3/h12-14H,4-11,16H2,1-3H3. The quantitative estimate of drug-likeness (QED) is 0.839. The molecule has 0 aromatic carbocycles. The third-order valence-corrected chi connectivity index (χ3v) is 5.26. The summed E-state index contributed by atoms with van der Waals surface area (Å²) in [6.07, 6.45) is 5.24. The van der Waals surface area contributed by atoms with Crippen LogP contribution < -0.4 is 5.73 Å². The molecule has 0 spiro atoms. The smallest absolute Gasteiger partial charge is 0.0620 e. The van der Waals surface area contributed by atoms with Gasteiger partial charge in [0, 0.05) is 24.7 Å². The van der Waals surface area contributed by atoms with Crippen molar-refractivity contribution in [2.75, 3.05) is 26.3 Å². The first-order chi connectivity index (χ1) is 8.59. The summed E-state index contributed by atoms with van der Waals surface area (Å²) in [6, 6.07) is 0.526. The molecule has 1 aliphatic heterocycles. The highest BCUT2D eigenvalue weighted by Gasteiger charge is 2.42. The van der Waals surface area contributed by atoms with Gasteiger partial charge in [-0.15, -0.1) is 0 Å². The minimum atomic E-state index is 0.259. The molecule has 2 N–H and O–H groups in total. The Labute approximate surface area is 112 Å². The zero-order chi connectivity index (χ0) is 13.2. The fourth-order valence-electron chi connectivity index (χ4n) is 3.88. The molecule has 2 fully saturated rings. The zero-order valence-corrected chi connectivity index (χ0v) is 12.3. The van der Waals surface area contributed by atoms with Crippen molar-refractivity contribution in [3.05, 3.63) is 0 Å². The van der Waals surface area contributed by atoms with Gasteiger partial charge < -0.3 is 10.5 Å². The van der Waals surface area contributed by atoms with Gasteiger partial charge in [0.05, 0.1) is 13.2 Å². The van der Waals surface area contributed by atoms with Gasteiger partial charge in [-0.05, 0) is 44.4 Å². The van der Waals surface area contributed by atoms with Crippen molar-refractivity contribution in [1.29, 1.82) is 0 Å². The summed E-state index contributed by atoms with van der Waals surface area (Å²) >= 11 is 0. The minimum absolute atomic E-state index is 0.259. The number of rotatable bonds is 3. The number of morpholine rings is 1. The summed E-state index contributed by atoms with van der Waals surface area (Å²) in [7, 11) is 0. The van der Waals surface area contributed by atoms with Crippen LogP contribution in [0.25, 0.3) is 0 Å². The summed E-state index contributed by atoms with van der Waals surface area (Å²) in [5.74, 6) is 1.73. The van der Waals surface area contributed by atoms with Crippen molar-refractivity contribution in [1.82, 2.24) is 4.90 Å². The second-order valence-corrected chi connectivity index (χ2v) is 6.63. The van der Waals surface area contributed by atoms with Crippen LogP contribution >= 0.6 is 0 Å². The van der Waals surface area contributed by atoms with Gasteiger partial charge in [-0.2, -0.15) is 0 Å². The molecule has 0 aromatic rings. The molecule has 1 saturated carbocycles. The lowest BCUT2D eigenvalue weighted by Gasteiger charge is -2.52. The molecule has 1 aliphatic carbocycles. The van der Waals surface area contributed by atoms with Gasteiger partial charge in [0.25, 0.3) is 0 Å². The molecule has 3 nitrogen and oxygen atoms in total. The summed E-state index contributed by atoms with van der Waals surface area (Å²) in [5, 5.41) is 0. The molecule has 1 heterocycles. The molecule has 1 atom stereocenters. The Morgan fingerprint density at radius 2 is 2.00 bits per heavy atom. The average Bonchev–Trinajstić information content (AvgIpc) is 2.39. The molecule has 0 bridgehead atoms. The van der Waals surface area contributed by atoms with Crippen molar-refractivity contribution in [3.63, 3.8) is 0 Å². The maximum Gasteiger partial charge on any atom is 0.0620 e. The summed E-state index contributed by atoms with van der Waals surface area (Å²) < 4.78 is 5.57. The second-order valence-electron chi connectivity index (χ2n) is 6.63. The maximum absolute atomic E-state index is 6.17. The van der Waals surface area contributed by atoms with E-state index >= 15 is 0 Å². The molecule has 1 unspecified atom stereocenters. The van der Waals surface area contributed by atoms with E-state index in [9.17, 15) is 0 Å². The number of nitrogens with zero attached hydrogens (tertiary/aromatic N) is 1. The van der Waals surface area contributed by atoms with Gasteiger partial charge in [-0.3, -0.25) is 4.90 Å². The van der Waals surface area contributed by atoms with E-state index in [1.165, 1.54) is 25.7 Å². The lowest BCUT2D eigenvalue weighted by molar-refractivity contribution is -0.0743. The van der Waals surface area contributed by atoms with Crippen LogP contribution in [0.4, 0.5) is 0 Å². The van der Waals surface area contributed by atoms with E-state index < -0.39 is 0 Å². The van der Waals surface area contributed by atoms with Crippen LogP contribution in [0.2, 0.25) is 0 Å². The van der Waals surface area contributed by atoms with Gasteiger partial charge in [-0.25, -0.2) is 0 Å². The molecule has 0 radical (unpaired) electrons. The van der Waals surface area contributed by atoms with E-state index in [1.807, 2.05) is 0 Å². The summed E-state index contributed by atoms with van der Waals surface area (Å²) in [5.41, 5.74) is 6.43. The molecule has 0 amide bonds. The largest absolute Gasteiger partial charge is 0.379 e. The lowest BCUT2D eigenvalue weighted by Crippen LogP contribution is -2.62. The Morgan fingerprint density at radius 1 is 1.33 bits per heavy atom. The summed E-state index contributed by atoms with van der Waals surface area (Å²) in [4.78, 5) is 2.65. The minimum Gasteiger partial charge on any atom is -0.379 e. The molecule has 0 aromatic heterocycles. The number of nitrogens with two attached hydrogens (primary N) is 1. The molecular weight excluding hydrogens is 224 g/mol. The van der Waals surface area contributed by atoms with E-state index in [-0.39, 0.29) is 5.54 Å². The first-order valence-corrected chi connectivity index (χ1v) is 7.63.